The number of amides is 1. The Morgan fingerprint density at radius 2 is 2.26 bits per heavy atom. The molecule has 0 spiro atoms. The van der Waals surface area contributed by atoms with Crippen LogP contribution in [0.4, 0.5) is 18.0 Å². The number of piperidine rings is 1. The summed E-state index contributed by atoms with van der Waals surface area (Å²) in [6.45, 7) is 0.674. The van der Waals surface area contributed by atoms with Gasteiger partial charge in [-0.05, 0) is 18.9 Å². The average Bonchev–Trinajstić information content (AvgIpc) is 3.15. The quantitative estimate of drug-likeness (QED) is 0.883. The third kappa shape index (κ3) is 3.15. The van der Waals surface area contributed by atoms with E-state index in [-0.39, 0.29) is 29.9 Å². The Hall–Kier alpha value is -2.52. The number of nitrogens with zero attached hydrogens (tertiary/aromatic N) is 3. The second kappa shape index (κ2) is 5.60. The first kappa shape index (κ1) is 15.4. The highest BCUT2D eigenvalue weighted by Crippen LogP contribution is 2.32. The van der Waals surface area contributed by atoms with Crippen molar-refractivity contribution in [2.24, 2.45) is 0 Å². The molecule has 1 aliphatic heterocycles. The van der Waals surface area contributed by atoms with Gasteiger partial charge in [0.2, 0.25) is 11.7 Å². The number of alkyl halides is 3. The predicted octanol–water partition coefficient (Wildman–Crippen LogP) is 2.94. The number of aromatic nitrogens is 3. The van der Waals surface area contributed by atoms with Gasteiger partial charge in [0.25, 0.3) is 0 Å². The lowest BCUT2D eigenvalue weighted by molar-refractivity contribution is -0.137. The van der Waals surface area contributed by atoms with E-state index in [0.717, 1.165) is 12.3 Å². The van der Waals surface area contributed by atoms with Gasteiger partial charge in [0.15, 0.2) is 0 Å². The molecule has 0 aliphatic carbocycles. The maximum atomic E-state index is 12.6. The van der Waals surface area contributed by atoms with Crippen LogP contribution in [0.3, 0.4) is 0 Å². The standard InChI is InChI=1S/C13H13F3N4O3/c14-13(15,16)8-4-9(17-5-8)10-18-11(23-19-10)7-2-1-3-20(6-7)12(21)22/h4-5,7,17H,1-3,6H2,(H,21,22)/t7-/m0/s1. The molecule has 1 fully saturated rings. The van der Waals surface area contributed by atoms with Crippen molar-refractivity contribution in [3.63, 3.8) is 0 Å². The van der Waals surface area contributed by atoms with Crippen LogP contribution in [0.15, 0.2) is 16.8 Å². The van der Waals surface area contributed by atoms with Crippen molar-refractivity contribution < 1.29 is 27.6 Å². The first-order valence-electron chi connectivity index (χ1n) is 6.92. The van der Waals surface area contributed by atoms with Crippen LogP contribution in [-0.4, -0.2) is 44.3 Å². The lowest BCUT2D eigenvalue weighted by Gasteiger charge is -2.28. The summed E-state index contributed by atoms with van der Waals surface area (Å²) >= 11 is 0. The summed E-state index contributed by atoms with van der Waals surface area (Å²) in [4.78, 5) is 18.8. The van der Waals surface area contributed by atoms with E-state index in [1.54, 1.807) is 0 Å². The molecule has 0 bridgehead atoms. The minimum atomic E-state index is -4.45. The molecule has 1 aliphatic rings. The van der Waals surface area contributed by atoms with Gasteiger partial charge in [0.05, 0.1) is 17.2 Å². The molecule has 0 unspecified atom stereocenters. The van der Waals surface area contributed by atoms with Crippen LogP contribution >= 0.6 is 0 Å². The normalized spacial score (nSPS) is 19.1. The smallest absolute Gasteiger partial charge is 0.417 e. The molecule has 0 saturated carbocycles. The molecule has 1 atom stereocenters. The Labute approximate surface area is 128 Å². The minimum Gasteiger partial charge on any atom is -0.465 e. The van der Waals surface area contributed by atoms with E-state index >= 15 is 0 Å². The molecule has 2 aromatic rings. The summed E-state index contributed by atoms with van der Waals surface area (Å²) < 4.78 is 42.9. The lowest BCUT2D eigenvalue weighted by atomic mass is 9.98. The van der Waals surface area contributed by atoms with Crippen molar-refractivity contribution in [2.75, 3.05) is 13.1 Å². The SMILES string of the molecule is O=C(O)N1CCC[C@H](c2nc(-c3cc(C(F)(F)F)c[nH]3)no2)C1. The minimum absolute atomic E-state index is 0.0166. The maximum absolute atomic E-state index is 12.6. The summed E-state index contributed by atoms with van der Waals surface area (Å²) in [6.07, 6.45) is -3.29. The third-order valence-corrected chi connectivity index (χ3v) is 3.73. The number of carboxylic acid groups (broad SMARTS) is 1. The monoisotopic (exact) mass is 330 g/mol. The molecule has 124 valence electrons. The molecule has 3 rings (SSSR count). The fraction of sp³-hybridized carbons (Fsp3) is 0.462. The Morgan fingerprint density at radius 1 is 1.48 bits per heavy atom. The van der Waals surface area contributed by atoms with Gasteiger partial charge >= 0.3 is 12.3 Å². The number of halogens is 3. The molecular formula is C13H13F3N4O3. The molecule has 1 saturated heterocycles. The van der Waals surface area contributed by atoms with Crippen molar-refractivity contribution in [1.29, 1.82) is 0 Å². The topological polar surface area (TPSA) is 95.2 Å². The number of rotatable bonds is 2. The third-order valence-electron chi connectivity index (χ3n) is 3.73. The maximum Gasteiger partial charge on any atom is 0.417 e. The van der Waals surface area contributed by atoms with Gasteiger partial charge in [-0.2, -0.15) is 18.2 Å². The number of hydrogen-bond donors (Lipinski definition) is 2. The van der Waals surface area contributed by atoms with Crippen LogP contribution in [0.2, 0.25) is 0 Å². The molecule has 0 radical (unpaired) electrons. The Balaban J connectivity index is 1.78. The Kier molecular flexibility index (Phi) is 3.74. The number of nitrogens with one attached hydrogen (secondary N) is 1. The van der Waals surface area contributed by atoms with Gasteiger partial charge in [-0.25, -0.2) is 4.79 Å². The second-order valence-electron chi connectivity index (χ2n) is 5.32. The fourth-order valence-electron chi connectivity index (χ4n) is 2.55. The average molecular weight is 330 g/mol. The highest BCUT2D eigenvalue weighted by atomic mass is 19.4. The number of H-pyrrole nitrogens is 1. The molecular weight excluding hydrogens is 317 g/mol. The number of carbonyl (C=O) groups is 1. The van der Waals surface area contributed by atoms with Crippen molar-refractivity contribution in [1.82, 2.24) is 20.0 Å². The van der Waals surface area contributed by atoms with E-state index in [4.69, 9.17) is 9.63 Å². The van der Waals surface area contributed by atoms with E-state index in [9.17, 15) is 18.0 Å². The van der Waals surface area contributed by atoms with E-state index in [1.165, 1.54) is 4.90 Å². The highest BCUT2D eigenvalue weighted by Gasteiger charge is 2.33. The van der Waals surface area contributed by atoms with E-state index < -0.39 is 17.8 Å². The van der Waals surface area contributed by atoms with E-state index in [1.807, 2.05) is 0 Å². The van der Waals surface area contributed by atoms with Crippen LogP contribution in [0.25, 0.3) is 11.5 Å². The van der Waals surface area contributed by atoms with Crippen molar-refractivity contribution in [3.05, 3.63) is 23.7 Å². The zero-order valence-corrected chi connectivity index (χ0v) is 11.8. The van der Waals surface area contributed by atoms with Gasteiger partial charge in [-0.1, -0.05) is 5.16 Å². The van der Waals surface area contributed by atoms with Crippen LogP contribution in [0.5, 0.6) is 0 Å². The van der Waals surface area contributed by atoms with Crippen LogP contribution in [-0.2, 0) is 6.18 Å². The van der Waals surface area contributed by atoms with Gasteiger partial charge in [-0.3, -0.25) is 0 Å². The first-order valence-corrected chi connectivity index (χ1v) is 6.92. The summed E-state index contributed by atoms with van der Waals surface area (Å²) in [5.74, 6) is -0.00444. The summed E-state index contributed by atoms with van der Waals surface area (Å²) in [5, 5.41) is 12.7. The number of likely N-dealkylation sites (tertiary alicyclic amines) is 1. The molecule has 2 aromatic heterocycles. The summed E-state index contributed by atoms with van der Waals surface area (Å²) in [6, 6.07) is 0.902. The summed E-state index contributed by atoms with van der Waals surface area (Å²) in [5.41, 5.74) is -0.730. The second-order valence-corrected chi connectivity index (χ2v) is 5.32. The lowest BCUT2D eigenvalue weighted by Crippen LogP contribution is -2.38. The van der Waals surface area contributed by atoms with Gasteiger partial charge in [-0.15, -0.1) is 0 Å². The van der Waals surface area contributed by atoms with E-state index in [0.29, 0.717) is 19.4 Å². The van der Waals surface area contributed by atoms with Crippen LogP contribution in [0.1, 0.15) is 30.2 Å². The molecule has 7 nitrogen and oxygen atoms in total. The van der Waals surface area contributed by atoms with Gasteiger partial charge in [0.1, 0.15) is 0 Å². The predicted molar refractivity (Wildman–Crippen MR) is 70.7 cm³/mol. The molecule has 2 N–H and O–H groups in total. The Morgan fingerprint density at radius 3 is 2.91 bits per heavy atom. The first-order chi connectivity index (χ1) is 10.8. The van der Waals surface area contributed by atoms with Crippen LogP contribution < -0.4 is 0 Å². The fourth-order valence-corrected chi connectivity index (χ4v) is 2.55. The van der Waals surface area contributed by atoms with Crippen LogP contribution in [0, 0.1) is 0 Å². The Bertz CT molecular complexity index is 709. The number of hydrogen-bond acceptors (Lipinski definition) is 4. The molecule has 0 aromatic carbocycles. The molecule has 1 amide bonds. The zero-order chi connectivity index (χ0) is 16.6. The largest absolute Gasteiger partial charge is 0.465 e. The van der Waals surface area contributed by atoms with E-state index in [2.05, 4.69) is 15.1 Å². The summed E-state index contributed by atoms with van der Waals surface area (Å²) in [7, 11) is 0. The zero-order valence-electron chi connectivity index (χ0n) is 11.8. The van der Waals surface area contributed by atoms with Crippen molar-refractivity contribution in [2.45, 2.75) is 24.9 Å². The number of aromatic amines is 1. The highest BCUT2D eigenvalue weighted by molar-refractivity contribution is 5.65. The molecule has 23 heavy (non-hydrogen) atoms. The van der Waals surface area contributed by atoms with Crippen molar-refractivity contribution in [3.8, 4) is 11.5 Å². The molecule has 10 heteroatoms. The van der Waals surface area contributed by atoms with Gasteiger partial charge in [0, 0.05) is 19.3 Å². The van der Waals surface area contributed by atoms with Gasteiger partial charge < -0.3 is 19.5 Å². The molecule has 3 heterocycles. The van der Waals surface area contributed by atoms with Crippen molar-refractivity contribution >= 4 is 6.09 Å².